The fourth-order valence-electron chi connectivity index (χ4n) is 1.34. The second-order valence-corrected chi connectivity index (χ2v) is 3.67. The molecule has 1 aliphatic heterocycles. The van der Waals surface area contributed by atoms with Crippen LogP contribution in [0.2, 0.25) is 0 Å². The molecule has 1 unspecified atom stereocenters. The molecule has 1 heterocycles. The molecular weight excluding hydrogens is 208 g/mol. The van der Waals surface area contributed by atoms with Gasteiger partial charge in [-0.15, -0.1) is 0 Å². The first kappa shape index (κ1) is 11.1. The van der Waals surface area contributed by atoms with Gasteiger partial charge in [-0.3, -0.25) is 4.79 Å². The lowest BCUT2D eigenvalue weighted by Gasteiger charge is -2.08. The van der Waals surface area contributed by atoms with E-state index in [1.54, 1.807) is 6.07 Å². The van der Waals surface area contributed by atoms with Crippen LogP contribution in [-0.4, -0.2) is 25.3 Å². The highest BCUT2D eigenvalue weighted by Gasteiger charge is 2.22. The number of rotatable bonds is 5. The maximum Gasteiger partial charge on any atom is 0.308 e. The van der Waals surface area contributed by atoms with E-state index in [4.69, 9.17) is 14.2 Å². The van der Waals surface area contributed by atoms with Gasteiger partial charge in [0.2, 0.25) is 0 Å². The Hall–Kier alpha value is -1.39. The molecule has 4 heteroatoms. The van der Waals surface area contributed by atoms with Crippen LogP contribution in [0.3, 0.4) is 0 Å². The summed E-state index contributed by atoms with van der Waals surface area (Å²) in [5.41, 5.74) is 0.873. The van der Waals surface area contributed by atoms with Gasteiger partial charge in [-0.05, 0) is 6.07 Å². The SMILES string of the molecule is CC(=O)Oc1ccccc1COCC1CO1. The molecule has 0 radical (unpaired) electrons. The van der Waals surface area contributed by atoms with E-state index in [1.807, 2.05) is 18.2 Å². The molecule has 0 aromatic heterocycles. The number of carbonyl (C=O) groups is 1. The highest BCUT2D eigenvalue weighted by molar-refractivity contribution is 5.69. The van der Waals surface area contributed by atoms with Crippen LogP contribution < -0.4 is 4.74 Å². The predicted molar refractivity (Wildman–Crippen MR) is 57.1 cm³/mol. The molecule has 2 rings (SSSR count). The highest BCUT2D eigenvalue weighted by atomic mass is 16.6. The van der Waals surface area contributed by atoms with Crippen LogP contribution in [-0.2, 0) is 20.9 Å². The maximum absolute atomic E-state index is 10.9. The molecule has 1 atom stereocenters. The molecule has 1 aromatic rings. The van der Waals surface area contributed by atoms with Gasteiger partial charge in [0.05, 0.1) is 19.8 Å². The minimum Gasteiger partial charge on any atom is -0.426 e. The number of carbonyl (C=O) groups excluding carboxylic acids is 1. The predicted octanol–water partition coefficient (Wildman–Crippen LogP) is 1.53. The van der Waals surface area contributed by atoms with E-state index in [1.165, 1.54) is 6.92 Å². The summed E-state index contributed by atoms with van der Waals surface area (Å²) in [6, 6.07) is 7.35. The van der Waals surface area contributed by atoms with Gasteiger partial charge in [0.1, 0.15) is 11.9 Å². The Morgan fingerprint density at radius 1 is 1.50 bits per heavy atom. The number of benzene rings is 1. The summed E-state index contributed by atoms with van der Waals surface area (Å²) in [4.78, 5) is 10.9. The number of para-hydroxylation sites is 1. The third-order valence-corrected chi connectivity index (χ3v) is 2.19. The molecule has 1 saturated heterocycles. The lowest BCUT2D eigenvalue weighted by atomic mass is 10.2. The molecule has 1 fully saturated rings. The van der Waals surface area contributed by atoms with Crippen molar-refractivity contribution in [3.05, 3.63) is 29.8 Å². The number of hydrogen-bond acceptors (Lipinski definition) is 4. The molecular formula is C12H14O4. The number of esters is 1. The van der Waals surface area contributed by atoms with Crippen LogP contribution in [0.15, 0.2) is 24.3 Å². The van der Waals surface area contributed by atoms with Crippen molar-refractivity contribution in [2.24, 2.45) is 0 Å². The van der Waals surface area contributed by atoms with Crippen molar-refractivity contribution in [1.82, 2.24) is 0 Å². The molecule has 16 heavy (non-hydrogen) atoms. The first-order valence-electron chi connectivity index (χ1n) is 5.21. The van der Waals surface area contributed by atoms with Crippen molar-refractivity contribution in [1.29, 1.82) is 0 Å². The second-order valence-electron chi connectivity index (χ2n) is 3.67. The standard InChI is InChI=1S/C12H14O4/c1-9(13)16-12-5-3-2-4-10(12)6-14-7-11-8-15-11/h2-5,11H,6-8H2,1H3. The Morgan fingerprint density at radius 2 is 2.25 bits per heavy atom. The average Bonchev–Trinajstić information content (AvgIpc) is 3.04. The minimum absolute atomic E-state index is 0.251. The molecule has 0 spiro atoms. The summed E-state index contributed by atoms with van der Waals surface area (Å²) >= 11 is 0. The van der Waals surface area contributed by atoms with Crippen molar-refractivity contribution in [3.63, 3.8) is 0 Å². The molecule has 4 nitrogen and oxygen atoms in total. The number of epoxide rings is 1. The Balaban J connectivity index is 1.91. The van der Waals surface area contributed by atoms with Crippen LogP contribution in [0, 0.1) is 0 Å². The quantitative estimate of drug-likeness (QED) is 0.430. The van der Waals surface area contributed by atoms with E-state index in [9.17, 15) is 4.79 Å². The Labute approximate surface area is 94.1 Å². The summed E-state index contributed by atoms with van der Waals surface area (Å²) in [5, 5.41) is 0. The fourth-order valence-corrected chi connectivity index (χ4v) is 1.34. The summed E-state index contributed by atoms with van der Waals surface area (Å²) < 4.78 is 15.5. The van der Waals surface area contributed by atoms with Crippen LogP contribution >= 0.6 is 0 Å². The van der Waals surface area contributed by atoms with Crippen LogP contribution in [0.25, 0.3) is 0 Å². The zero-order valence-corrected chi connectivity index (χ0v) is 9.14. The zero-order chi connectivity index (χ0) is 11.4. The molecule has 0 aliphatic carbocycles. The van der Waals surface area contributed by atoms with Crippen LogP contribution in [0.1, 0.15) is 12.5 Å². The molecule has 0 saturated carbocycles. The topological polar surface area (TPSA) is 48.1 Å². The van der Waals surface area contributed by atoms with E-state index in [0.29, 0.717) is 19.0 Å². The van der Waals surface area contributed by atoms with Gasteiger partial charge in [0, 0.05) is 12.5 Å². The van der Waals surface area contributed by atoms with Gasteiger partial charge in [0.25, 0.3) is 0 Å². The van der Waals surface area contributed by atoms with E-state index in [-0.39, 0.29) is 12.1 Å². The summed E-state index contributed by atoms with van der Waals surface area (Å²) in [7, 11) is 0. The van der Waals surface area contributed by atoms with E-state index in [0.717, 1.165) is 12.2 Å². The molecule has 1 aromatic carbocycles. The van der Waals surface area contributed by atoms with Crippen molar-refractivity contribution >= 4 is 5.97 Å². The van der Waals surface area contributed by atoms with Crippen molar-refractivity contribution in [2.45, 2.75) is 19.6 Å². The molecule has 86 valence electrons. The minimum atomic E-state index is -0.321. The van der Waals surface area contributed by atoms with E-state index < -0.39 is 0 Å². The smallest absolute Gasteiger partial charge is 0.308 e. The fraction of sp³-hybridized carbons (Fsp3) is 0.417. The molecule has 0 amide bonds. The molecule has 0 N–H and O–H groups in total. The Morgan fingerprint density at radius 3 is 2.94 bits per heavy atom. The van der Waals surface area contributed by atoms with Crippen LogP contribution in [0.5, 0.6) is 5.75 Å². The van der Waals surface area contributed by atoms with Gasteiger partial charge < -0.3 is 14.2 Å². The summed E-state index contributed by atoms with van der Waals surface area (Å²) in [6.45, 7) is 3.19. The van der Waals surface area contributed by atoms with Gasteiger partial charge in [-0.1, -0.05) is 18.2 Å². The highest BCUT2D eigenvalue weighted by Crippen LogP contribution is 2.19. The van der Waals surface area contributed by atoms with Crippen molar-refractivity contribution in [2.75, 3.05) is 13.2 Å². The normalized spacial score (nSPS) is 18.2. The van der Waals surface area contributed by atoms with Crippen molar-refractivity contribution < 1.29 is 19.0 Å². The van der Waals surface area contributed by atoms with Gasteiger partial charge in [-0.25, -0.2) is 0 Å². The Kier molecular flexibility index (Phi) is 3.54. The van der Waals surface area contributed by atoms with E-state index in [2.05, 4.69) is 0 Å². The number of ether oxygens (including phenoxy) is 3. The molecule has 0 bridgehead atoms. The van der Waals surface area contributed by atoms with Gasteiger partial charge in [0.15, 0.2) is 0 Å². The average molecular weight is 222 g/mol. The third kappa shape index (κ3) is 3.32. The van der Waals surface area contributed by atoms with E-state index >= 15 is 0 Å². The lowest BCUT2D eigenvalue weighted by molar-refractivity contribution is -0.132. The largest absolute Gasteiger partial charge is 0.426 e. The monoisotopic (exact) mass is 222 g/mol. The Bertz CT molecular complexity index is 371. The second kappa shape index (κ2) is 5.09. The van der Waals surface area contributed by atoms with Crippen molar-refractivity contribution in [3.8, 4) is 5.75 Å². The van der Waals surface area contributed by atoms with Gasteiger partial charge in [-0.2, -0.15) is 0 Å². The summed E-state index contributed by atoms with van der Waals surface area (Å²) in [6.07, 6.45) is 0.251. The molecule has 1 aliphatic rings. The first-order valence-corrected chi connectivity index (χ1v) is 5.21. The summed E-state index contributed by atoms with van der Waals surface area (Å²) in [5.74, 6) is 0.240. The third-order valence-electron chi connectivity index (χ3n) is 2.19. The first-order chi connectivity index (χ1) is 7.75. The van der Waals surface area contributed by atoms with Crippen LogP contribution in [0.4, 0.5) is 0 Å². The number of hydrogen-bond donors (Lipinski definition) is 0. The van der Waals surface area contributed by atoms with Gasteiger partial charge >= 0.3 is 5.97 Å². The lowest BCUT2D eigenvalue weighted by Crippen LogP contribution is -2.06. The zero-order valence-electron chi connectivity index (χ0n) is 9.14. The maximum atomic E-state index is 10.9.